The molecule has 0 radical (unpaired) electrons. The molecule has 0 fully saturated rings. The van der Waals surface area contributed by atoms with Crippen LogP contribution >= 0.6 is 23.5 Å². The first-order chi connectivity index (χ1) is 14.4. The van der Waals surface area contributed by atoms with E-state index in [2.05, 4.69) is 32.3 Å². The summed E-state index contributed by atoms with van der Waals surface area (Å²) in [6.45, 7) is 4.98. The normalized spacial score (nSPS) is 10.8. The van der Waals surface area contributed by atoms with Crippen LogP contribution in [-0.2, 0) is 0 Å². The van der Waals surface area contributed by atoms with Gasteiger partial charge in [-0.05, 0) is 37.9 Å². The molecule has 1 amide bonds. The zero-order valence-electron chi connectivity index (χ0n) is 16.8. The third kappa shape index (κ3) is 7.88. The van der Waals surface area contributed by atoms with Gasteiger partial charge in [0.1, 0.15) is 0 Å². The second kappa shape index (κ2) is 12.5. The van der Waals surface area contributed by atoms with E-state index in [1.54, 1.807) is 38.0 Å². The Labute approximate surface area is 183 Å². The molecule has 1 heterocycles. The molecular weight excluding hydrogens is 430 g/mol. The second-order valence-electron chi connectivity index (χ2n) is 6.23. The first kappa shape index (κ1) is 24.0. The molecule has 0 bridgehead atoms. The number of aliphatic imine (C=N–C) groups is 1. The van der Waals surface area contributed by atoms with Crippen LogP contribution in [0.4, 0.5) is 20.4 Å². The monoisotopic (exact) mass is 454 g/mol. The van der Waals surface area contributed by atoms with Gasteiger partial charge < -0.3 is 15.5 Å². The molecule has 0 saturated heterocycles. The maximum Gasteiger partial charge on any atom is 0.289 e. The van der Waals surface area contributed by atoms with Crippen molar-refractivity contribution in [2.24, 2.45) is 4.99 Å². The van der Waals surface area contributed by atoms with Crippen molar-refractivity contribution in [2.75, 3.05) is 38.4 Å². The summed E-state index contributed by atoms with van der Waals surface area (Å²) < 4.78 is 24.5. The summed E-state index contributed by atoms with van der Waals surface area (Å²) in [7, 11) is 3.43. The van der Waals surface area contributed by atoms with Gasteiger partial charge in [-0.15, -0.1) is 11.8 Å². The van der Waals surface area contributed by atoms with Gasteiger partial charge in [-0.25, -0.2) is 9.97 Å². The van der Waals surface area contributed by atoms with Crippen molar-refractivity contribution >= 4 is 47.8 Å². The lowest BCUT2D eigenvalue weighted by Crippen LogP contribution is -2.21. The van der Waals surface area contributed by atoms with Crippen molar-refractivity contribution in [3.8, 4) is 0 Å². The summed E-state index contributed by atoms with van der Waals surface area (Å²) >= 11 is 1.97. The van der Waals surface area contributed by atoms with Crippen LogP contribution in [0.2, 0.25) is 0 Å². The second-order valence-corrected chi connectivity index (χ2v) is 8.31. The predicted octanol–water partition coefficient (Wildman–Crippen LogP) is 3.97. The van der Waals surface area contributed by atoms with E-state index in [4.69, 9.17) is 0 Å². The average Bonchev–Trinajstić information content (AvgIpc) is 2.73. The number of carbonyl (C=O) groups is 1. The lowest BCUT2D eigenvalue weighted by atomic mass is 10.2. The highest BCUT2D eigenvalue weighted by Gasteiger charge is 2.11. The summed E-state index contributed by atoms with van der Waals surface area (Å²) in [5, 5.41) is 6.36. The summed E-state index contributed by atoms with van der Waals surface area (Å²) in [5.41, 5.74) is 1.35. The maximum absolute atomic E-state index is 12.3. The molecular formula is C19H24F2N6OS2. The number of benzene rings is 1. The van der Waals surface area contributed by atoms with Crippen molar-refractivity contribution in [3.63, 3.8) is 0 Å². The Morgan fingerprint density at radius 2 is 2.00 bits per heavy atom. The summed E-state index contributed by atoms with van der Waals surface area (Å²) in [5.74, 6) is -1.48. The van der Waals surface area contributed by atoms with Crippen molar-refractivity contribution in [1.29, 1.82) is 0 Å². The van der Waals surface area contributed by atoms with Gasteiger partial charge in [-0.2, -0.15) is 8.78 Å². The number of nitrogens with one attached hydrogen (secondary N) is 2. The van der Waals surface area contributed by atoms with Crippen molar-refractivity contribution in [3.05, 3.63) is 36.2 Å². The standard InChI is InChI=1S/C19H24F2N6OS2/c1-22-15-6-5-13(17(28)27(2)3)9-16(15)29-12-23-7-4-8-24-19-25-10-14(11-26-19)30-18(20)21/h5-6,9-11,18,23H,1,4,7-8,12H2,2-3H3,(H,24,25,26). The Hall–Kier alpha value is -2.24. The highest BCUT2D eigenvalue weighted by Crippen LogP contribution is 2.30. The van der Waals surface area contributed by atoms with E-state index in [-0.39, 0.29) is 5.91 Å². The lowest BCUT2D eigenvalue weighted by molar-refractivity contribution is 0.0827. The van der Waals surface area contributed by atoms with Crippen molar-refractivity contribution in [1.82, 2.24) is 20.2 Å². The van der Waals surface area contributed by atoms with Crippen molar-refractivity contribution in [2.45, 2.75) is 22.0 Å². The molecule has 0 aliphatic carbocycles. The summed E-state index contributed by atoms with van der Waals surface area (Å²) in [4.78, 5) is 26.9. The Kier molecular flexibility index (Phi) is 9.98. The van der Waals surface area contributed by atoms with E-state index in [1.165, 1.54) is 17.3 Å². The summed E-state index contributed by atoms with van der Waals surface area (Å²) in [6.07, 6.45) is 3.58. The molecule has 0 aliphatic heterocycles. The number of rotatable bonds is 12. The molecule has 1 aromatic heterocycles. The molecule has 0 saturated carbocycles. The number of halogens is 2. The Bertz CT molecular complexity index is 836. The molecule has 0 spiro atoms. The number of anilines is 1. The molecule has 0 atom stereocenters. The van der Waals surface area contributed by atoms with Gasteiger partial charge in [0.2, 0.25) is 5.95 Å². The van der Waals surface area contributed by atoms with Crippen LogP contribution in [0.5, 0.6) is 0 Å². The van der Waals surface area contributed by atoms with Gasteiger partial charge in [-0.3, -0.25) is 9.79 Å². The fourth-order valence-corrected chi connectivity index (χ4v) is 3.66. The fourth-order valence-electron chi connectivity index (χ4n) is 2.34. The Morgan fingerprint density at radius 3 is 2.63 bits per heavy atom. The number of carbonyl (C=O) groups excluding carboxylic acids is 1. The highest BCUT2D eigenvalue weighted by molar-refractivity contribution is 7.99. The van der Waals surface area contributed by atoms with Crippen molar-refractivity contribution < 1.29 is 13.6 Å². The van der Waals surface area contributed by atoms with Gasteiger partial charge in [0, 0.05) is 54.3 Å². The third-order valence-corrected chi connectivity index (χ3v) is 5.43. The van der Waals surface area contributed by atoms with Gasteiger partial charge in [0.15, 0.2) is 0 Å². The smallest absolute Gasteiger partial charge is 0.289 e. The fraction of sp³-hybridized carbons (Fsp3) is 0.368. The largest absolute Gasteiger partial charge is 0.354 e. The number of thioether (sulfide) groups is 2. The van der Waals surface area contributed by atoms with Crippen LogP contribution in [0, 0.1) is 0 Å². The minimum Gasteiger partial charge on any atom is -0.354 e. The van der Waals surface area contributed by atoms with Gasteiger partial charge in [-0.1, -0.05) is 11.8 Å². The molecule has 2 N–H and O–H groups in total. The van der Waals surface area contributed by atoms with Crippen LogP contribution in [0.3, 0.4) is 0 Å². The van der Waals surface area contributed by atoms with Crippen LogP contribution in [0.15, 0.2) is 45.4 Å². The van der Waals surface area contributed by atoms with Gasteiger partial charge in [0.25, 0.3) is 11.7 Å². The molecule has 0 aliphatic rings. The molecule has 7 nitrogen and oxygen atoms in total. The molecule has 30 heavy (non-hydrogen) atoms. The van der Waals surface area contributed by atoms with E-state index in [9.17, 15) is 13.6 Å². The minimum atomic E-state index is -2.48. The van der Waals surface area contributed by atoms with Gasteiger partial charge >= 0.3 is 0 Å². The Morgan fingerprint density at radius 1 is 1.27 bits per heavy atom. The SMILES string of the molecule is C=Nc1ccc(C(=O)N(C)C)cc1SCNCCCNc1ncc(SC(F)F)cn1. The van der Waals surface area contributed by atoms with Crippen LogP contribution < -0.4 is 10.6 Å². The number of hydrogen-bond donors (Lipinski definition) is 2. The van der Waals surface area contributed by atoms with E-state index in [1.807, 2.05) is 6.07 Å². The van der Waals surface area contributed by atoms with E-state index < -0.39 is 5.76 Å². The van der Waals surface area contributed by atoms with Crippen LogP contribution in [0.1, 0.15) is 16.8 Å². The number of aromatic nitrogens is 2. The molecule has 1 aromatic carbocycles. The number of nitrogens with zero attached hydrogens (tertiary/aromatic N) is 4. The lowest BCUT2D eigenvalue weighted by Gasteiger charge is -2.13. The average molecular weight is 455 g/mol. The van der Waals surface area contributed by atoms with Crippen LogP contribution in [-0.4, -0.2) is 66.3 Å². The predicted molar refractivity (Wildman–Crippen MR) is 119 cm³/mol. The van der Waals surface area contributed by atoms with E-state index in [0.717, 1.165) is 23.5 Å². The first-order valence-electron chi connectivity index (χ1n) is 9.07. The molecule has 11 heteroatoms. The minimum absolute atomic E-state index is 0.0606. The number of hydrogen-bond acceptors (Lipinski definition) is 8. The Balaban J connectivity index is 1.70. The zero-order valence-corrected chi connectivity index (χ0v) is 18.4. The van der Waals surface area contributed by atoms with Crippen LogP contribution in [0.25, 0.3) is 0 Å². The molecule has 2 aromatic rings. The number of amides is 1. The van der Waals surface area contributed by atoms with Gasteiger partial charge in [0.05, 0.1) is 5.69 Å². The summed E-state index contributed by atoms with van der Waals surface area (Å²) in [6, 6.07) is 5.37. The molecule has 2 rings (SSSR count). The number of alkyl halides is 2. The first-order valence-corrected chi connectivity index (χ1v) is 10.9. The quantitative estimate of drug-likeness (QED) is 0.217. The molecule has 0 unspecified atom stereocenters. The topological polar surface area (TPSA) is 82.5 Å². The van der Waals surface area contributed by atoms with E-state index >= 15 is 0 Å². The third-order valence-electron chi connectivity index (χ3n) is 3.78. The maximum atomic E-state index is 12.3. The zero-order chi connectivity index (χ0) is 21.9. The molecule has 162 valence electrons. The highest BCUT2D eigenvalue weighted by atomic mass is 32.2. The van der Waals surface area contributed by atoms with E-state index in [0.29, 0.717) is 40.6 Å².